The Kier molecular flexibility index (Phi) is 7.98. The van der Waals surface area contributed by atoms with Crippen molar-refractivity contribution in [1.29, 1.82) is 0 Å². The second-order valence-corrected chi connectivity index (χ2v) is 8.09. The summed E-state index contributed by atoms with van der Waals surface area (Å²) in [6.07, 6.45) is 3.15. The van der Waals surface area contributed by atoms with Crippen molar-refractivity contribution in [3.05, 3.63) is 29.8 Å². The van der Waals surface area contributed by atoms with Gasteiger partial charge in [0.25, 0.3) is 5.91 Å². The summed E-state index contributed by atoms with van der Waals surface area (Å²) >= 11 is 1.47. The zero-order valence-electron chi connectivity index (χ0n) is 15.9. The number of thioether (sulfide) groups is 1. The van der Waals surface area contributed by atoms with Crippen molar-refractivity contribution in [2.24, 2.45) is 0 Å². The molecule has 2 heterocycles. The first-order chi connectivity index (χ1) is 13.2. The van der Waals surface area contributed by atoms with Gasteiger partial charge in [0, 0.05) is 50.7 Å². The lowest BCUT2D eigenvalue weighted by Gasteiger charge is -2.27. The monoisotopic (exact) mass is 390 g/mol. The van der Waals surface area contributed by atoms with E-state index in [0.29, 0.717) is 17.9 Å². The predicted molar refractivity (Wildman–Crippen MR) is 109 cm³/mol. The number of rotatable bonds is 8. The molecule has 3 rings (SSSR count). The molecule has 7 heteroatoms. The number of piperazine rings is 1. The van der Waals surface area contributed by atoms with E-state index in [1.54, 1.807) is 0 Å². The third-order valence-corrected chi connectivity index (χ3v) is 6.15. The summed E-state index contributed by atoms with van der Waals surface area (Å²) in [5.41, 5.74) is 0.666. The molecule has 0 aromatic heterocycles. The van der Waals surface area contributed by atoms with E-state index in [1.807, 2.05) is 29.2 Å². The van der Waals surface area contributed by atoms with Crippen LogP contribution in [0.4, 0.5) is 0 Å². The fourth-order valence-electron chi connectivity index (χ4n) is 3.51. The van der Waals surface area contributed by atoms with Crippen molar-refractivity contribution < 1.29 is 9.59 Å². The molecule has 2 fully saturated rings. The molecule has 2 aliphatic heterocycles. The van der Waals surface area contributed by atoms with Crippen LogP contribution in [0.2, 0.25) is 0 Å². The third-order valence-electron chi connectivity index (χ3n) is 5.09. The number of nitrogens with zero attached hydrogens (tertiary/aromatic N) is 2. The molecule has 2 N–H and O–H groups in total. The molecule has 1 aromatic rings. The Bertz CT molecular complexity index is 628. The minimum atomic E-state index is -0.0490. The maximum absolute atomic E-state index is 12.6. The van der Waals surface area contributed by atoms with Crippen LogP contribution in [-0.4, -0.2) is 79.7 Å². The predicted octanol–water partition coefficient (Wildman–Crippen LogP) is 1.43. The van der Waals surface area contributed by atoms with Gasteiger partial charge >= 0.3 is 0 Å². The van der Waals surface area contributed by atoms with E-state index in [1.165, 1.54) is 11.8 Å². The Morgan fingerprint density at radius 3 is 2.59 bits per heavy atom. The second-order valence-electron chi connectivity index (χ2n) is 7.07. The zero-order valence-corrected chi connectivity index (χ0v) is 16.7. The van der Waals surface area contributed by atoms with Gasteiger partial charge in [-0.05, 0) is 37.9 Å². The molecule has 2 aliphatic rings. The molecule has 0 saturated carbocycles. The Morgan fingerprint density at radius 1 is 1.07 bits per heavy atom. The fourth-order valence-corrected chi connectivity index (χ4v) is 4.46. The largest absolute Gasteiger partial charge is 0.352 e. The zero-order chi connectivity index (χ0) is 18.9. The molecule has 1 aromatic carbocycles. The van der Waals surface area contributed by atoms with Gasteiger partial charge in [0.1, 0.15) is 0 Å². The summed E-state index contributed by atoms with van der Waals surface area (Å²) in [5.74, 6) is 0.517. The number of likely N-dealkylation sites (tertiary alicyclic amines) is 1. The lowest BCUT2D eigenvalue weighted by Crippen LogP contribution is -2.44. The van der Waals surface area contributed by atoms with Gasteiger partial charge in [0.15, 0.2) is 0 Å². The molecule has 0 atom stereocenters. The van der Waals surface area contributed by atoms with Crippen molar-refractivity contribution in [2.45, 2.75) is 24.2 Å². The van der Waals surface area contributed by atoms with E-state index in [9.17, 15) is 9.59 Å². The summed E-state index contributed by atoms with van der Waals surface area (Å²) in [7, 11) is 0. The van der Waals surface area contributed by atoms with Crippen molar-refractivity contribution in [3.8, 4) is 0 Å². The normalized spacial score (nSPS) is 17.9. The molecule has 6 nitrogen and oxygen atoms in total. The number of hydrogen-bond donors (Lipinski definition) is 2. The molecule has 2 amide bonds. The average molecular weight is 391 g/mol. The van der Waals surface area contributed by atoms with Crippen LogP contribution in [0.25, 0.3) is 0 Å². The molecule has 0 bridgehead atoms. The SMILES string of the molecule is O=C(NCCCN1CCNCC1)c1ccccc1SCC(=O)N1CCCC1. The Labute approximate surface area is 166 Å². The molecule has 0 unspecified atom stereocenters. The fraction of sp³-hybridized carbons (Fsp3) is 0.600. The van der Waals surface area contributed by atoms with Crippen LogP contribution in [0, 0.1) is 0 Å². The Balaban J connectivity index is 1.44. The van der Waals surface area contributed by atoms with Crippen molar-refractivity contribution in [3.63, 3.8) is 0 Å². The smallest absolute Gasteiger partial charge is 0.252 e. The van der Waals surface area contributed by atoms with Crippen molar-refractivity contribution in [1.82, 2.24) is 20.4 Å². The lowest BCUT2D eigenvalue weighted by molar-refractivity contribution is -0.127. The van der Waals surface area contributed by atoms with Crippen molar-refractivity contribution in [2.75, 3.05) is 58.1 Å². The summed E-state index contributed by atoms with van der Waals surface area (Å²) in [4.78, 5) is 30.1. The van der Waals surface area contributed by atoms with Crippen LogP contribution in [-0.2, 0) is 4.79 Å². The van der Waals surface area contributed by atoms with Gasteiger partial charge in [-0.1, -0.05) is 12.1 Å². The number of carbonyl (C=O) groups is 2. The molecule has 27 heavy (non-hydrogen) atoms. The summed E-state index contributed by atoms with van der Waals surface area (Å²) in [5, 5.41) is 6.38. The molecule has 2 saturated heterocycles. The van der Waals surface area contributed by atoms with E-state index >= 15 is 0 Å². The third kappa shape index (κ3) is 6.23. The van der Waals surface area contributed by atoms with Crippen LogP contribution >= 0.6 is 11.8 Å². The first kappa shape index (κ1) is 20.2. The van der Waals surface area contributed by atoms with E-state index in [2.05, 4.69) is 15.5 Å². The Hall–Kier alpha value is -1.57. The van der Waals surface area contributed by atoms with Crippen LogP contribution in [0.1, 0.15) is 29.6 Å². The molecule has 0 spiro atoms. The number of amides is 2. The van der Waals surface area contributed by atoms with Gasteiger partial charge < -0.3 is 20.4 Å². The minimum absolute atomic E-state index is 0.0490. The van der Waals surface area contributed by atoms with Gasteiger partial charge in [-0.25, -0.2) is 0 Å². The molecule has 148 valence electrons. The number of nitrogens with one attached hydrogen (secondary N) is 2. The number of hydrogen-bond acceptors (Lipinski definition) is 5. The van der Waals surface area contributed by atoms with Crippen LogP contribution in [0.5, 0.6) is 0 Å². The Morgan fingerprint density at radius 2 is 1.81 bits per heavy atom. The van der Waals surface area contributed by atoms with Gasteiger partial charge in [0.2, 0.25) is 5.91 Å². The molecular weight excluding hydrogens is 360 g/mol. The topological polar surface area (TPSA) is 64.7 Å². The maximum Gasteiger partial charge on any atom is 0.252 e. The summed E-state index contributed by atoms with van der Waals surface area (Å²) in [6.45, 7) is 7.69. The van der Waals surface area contributed by atoms with E-state index < -0.39 is 0 Å². The van der Waals surface area contributed by atoms with E-state index in [-0.39, 0.29) is 11.8 Å². The van der Waals surface area contributed by atoms with Crippen LogP contribution < -0.4 is 10.6 Å². The number of carbonyl (C=O) groups excluding carboxylic acids is 2. The molecular formula is C20H30N4O2S. The van der Waals surface area contributed by atoms with Crippen LogP contribution in [0.3, 0.4) is 0 Å². The molecule has 0 radical (unpaired) electrons. The van der Waals surface area contributed by atoms with Gasteiger partial charge in [-0.3, -0.25) is 9.59 Å². The van der Waals surface area contributed by atoms with Gasteiger partial charge in [0.05, 0.1) is 11.3 Å². The van der Waals surface area contributed by atoms with E-state index in [0.717, 1.165) is 70.0 Å². The van der Waals surface area contributed by atoms with E-state index in [4.69, 9.17) is 0 Å². The maximum atomic E-state index is 12.6. The minimum Gasteiger partial charge on any atom is -0.352 e. The molecule has 0 aliphatic carbocycles. The van der Waals surface area contributed by atoms with Gasteiger partial charge in [-0.15, -0.1) is 11.8 Å². The summed E-state index contributed by atoms with van der Waals surface area (Å²) < 4.78 is 0. The highest BCUT2D eigenvalue weighted by Gasteiger charge is 2.19. The first-order valence-corrected chi connectivity index (χ1v) is 10.9. The highest BCUT2D eigenvalue weighted by Crippen LogP contribution is 2.23. The van der Waals surface area contributed by atoms with Crippen molar-refractivity contribution >= 4 is 23.6 Å². The number of benzene rings is 1. The lowest BCUT2D eigenvalue weighted by atomic mass is 10.2. The summed E-state index contributed by atoms with van der Waals surface area (Å²) in [6, 6.07) is 7.57. The van der Waals surface area contributed by atoms with Gasteiger partial charge in [-0.2, -0.15) is 0 Å². The quantitative estimate of drug-likeness (QED) is 0.519. The average Bonchev–Trinajstić information content (AvgIpc) is 3.25. The highest BCUT2D eigenvalue weighted by molar-refractivity contribution is 8.00. The first-order valence-electron chi connectivity index (χ1n) is 9.95. The standard InChI is InChI=1S/C20H30N4O2S/c25-19(24-12-3-4-13-24)16-27-18-7-2-1-6-17(18)20(26)22-8-5-11-23-14-9-21-10-15-23/h1-2,6-7,21H,3-5,8-16H2,(H,22,26). The van der Waals surface area contributed by atoms with Crippen LogP contribution in [0.15, 0.2) is 29.2 Å². The second kappa shape index (κ2) is 10.7. The highest BCUT2D eigenvalue weighted by atomic mass is 32.2.